The topological polar surface area (TPSA) is 29.5 Å². The minimum atomic E-state index is -0.930. The summed E-state index contributed by atoms with van der Waals surface area (Å²) in [6.07, 6.45) is 4.08. The first-order valence-corrected chi connectivity index (χ1v) is 6.99. The van der Waals surface area contributed by atoms with Crippen LogP contribution in [0.15, 0.2) is 12.2 Å². The Balaban J connectivity index is 2.04. The van der Waals surface area contributed by atoms with Crippen LogP contribution in [0, 0.1) is 23.7 Å². The molecule has 1 aliphatic carbocycles. The van der Waals surface area contributed by atoms with Crippen molar-refractivity contribution < 1.29 is 9.84 Å². The Hall–Kier alpha value is -0.340. The summed E-state index contributed by atoms with van der Waals surface area (Å²) in [4.78, 5) is 0. The van der Waals surface area contributed by atoms with Gasteiger partial charge in [0.1, 0.15) is 0 Å². The second-order valence-corrected chi connectivity index (χ2v) is 6.82. The molecule has 2 heteroatoms. The van der Waals surface area contributed by atoms with Gasteiger partial charge in [-0.05, 0) is 31.1 Å². The lowest BCUT2D eigenvalue weighted by Crippen LogP contribution is -2.48. The third kappa shape index (κ3) is 1.34. The van der Waals surface area contributed by atoms with Gasteiger partial charge in [0.2, 0.25) is 0 Å². The van der Waals surface area contributed by atoms with E-state index in [4.69, 9.17) is 4.74 Å². The van der Waals surface area contributed by atoms with Crippen LogP contribution in [0.5, 0.6) is 0 Å². The average molecular weight is 236 g/mol. The van der Waals surface area contributed by atoms with Gasteiger partial charge in [-0.25, -0.2) is 0 Å². The maximum absolute atomic E-state index is 10.8. The van der Waals surface area contributed by atoms with Crippen LogP contribution in [-0.4, -0.2) is 16.5 Å². The molecule has 17 heavy (non-hydrogen) atoms. The molecular weight excluding hydrogens is 212 g/mol. The summed E-state index contributed by atoms with van der Waals surface area (Å²) in [6.45, 7) is 10.9. The minimum absolute atomic E-state index is 0.0982. The van der Waals surface area contributed by atoms with E-state index in [0.717, 1.165) is 6.42 Å². The van der Waals surface area contributed by atoms with Crippen molar-refractivity contribution in [2.45, 2.75) is 57.8 Å². The highest BCUT2D eigenvalue weighted by atomic mass is 16.6. The highest BCUT2D eigenvalue weighted by Crippen LogP contribution is 2.63. The van der Waals surface area contributed by atoms with Crippen LogP contribution in [0.2, 0.25) is 0 Å². The summed E-state index contributed by atoms with van der Waals surface area (Å²) < 4.78 is 6.25. The largest absolute Gasteiger partial charge is 0.365 e. The third-order valence-corrected chi connectivity index (χ3v) is 5.58. The van der Waals surface area contributed by atoms with Crippen LogP contribution in [-0.2, 0) is 4.74 Å². The Bertz CT molecular complexity index is 362. The molecule has 0 unspecified atom stereocenters. The van der Waals surface area contributed by atoms with Crippen molar-refractivity contribution in [1.82, 2.24) is 0 Å². The summed E-state index contributed by atoms with van der Waals surface area (Å²) in [7, 11) is 0. The van der Waals surface area contributed by atoms with Crippen molar-refractivity contribution in [3.8, 4) is 0 Å². The molecule has 5 atom stereocenters. The van der Waals surface area contributed by atoms with E-state index in [1.165, 1.54) is 18.4 Å². The Kier molecular flexibility index (Phi) is 2.32. The lowest BCUT2D eigenvalue weighted by atomic mass is 9.77. The van der Waals surface area contributed by atoms with Crippen molar-refractivity contribution in [3.63, 3.8) is 0 Å². The van der Waals surface area contributed by atoms with E-state index in [9.17, 15) is 5.11 Å². The summed E-state index contributed by atoms with van der Waals surface area (Å²) in [5.41, 5.74) is 1.13. The van der Waals surface area contributed by atoms with Crippen molar-refractivity contribution in [2.24, 2.45) is 23.7 Å². The van der Waals surface area contributed by atoms with Gasteiger partial charge in [-0.1, -0.05) is 32.9 Å². The first-order valence-electron chi connectivity index (χ1n) is 6.99. The molecule has 2 saturated heterocycles. The zero-order valence-electron chi connectivity index (χ0n) is 11.2. The molecule has 2 aliphatic heterocycles. The van der Waals surface area contributed by atoms with Crippen molar-refractivity contribution >= 4 is 0 Å². The fourth-order valence-electron chi connectivity index (χ4n) is 4.64. The van der Waals surface area contributed by atoms with E-state index in [1.54, 1.807) is 0 Å². The maximum Gasteiger partial charge on any atom is 0.173 e. The number of hydrogen-bond acceptors (Lipinski definition) is 2. The number of ether oxygens (including phenoxy) is 1. The van der Waals surface area contributed by atoms with Crippen LogP contribution < -0.4 is 0 Å². The van der Waals surface area contributed by atoms with Crippen molar-refractivity contribution in [1.29, 1.82) is 0 Å². The number of fused-ring (bicyclic) bond motifs is 1. The smallest absolute Gasteiger partial charge is 0.173 e. The van der Waals surface area contributed by atoms with Gasteiger partial charge in [-0.15, -0.1) is 0 Å². The average Bonchev–Trinajstić information content (AvgIpc) is 2.65. The van der Waals surface area contributed by atoms with Crippen molar-refractivity contribution in [3.05, 3.63) is 12.2 Å². The van der Waals surface area contributed by atoms with Gasteiger partial charge >= 0.3 is 0 Å². The summed E-state index contributed by atoms with van der Waals surface area (Å²) in [6, 6.07) is 0. The lowest BCUT2D eigenvalue weighted by Gasteiger charge is -2.43. The van der Waals surface area contributed by atoms with E-state index in [2.05, 4.69) is 27.4 Å². The second-order valence-electron chi connectivity index (χ2n) is 6.82. The minimum Gasteiger partial charge on any atom is -0.365 e. The standard InChI is InChI=1S/C15H24O2/c1-9(2)13-8-14-11(4)5-6-12(14)10(3)7-15(13,16)17-14/h9,11-13,16H,3,5-8H2,1-2,4H3/t11-,12-,13+,14-,15+/m0/s1. The molecule has 1 spiro atoms. The van der Waals surface area contributed by atoms with Crippen LogP contribution in [0.1, 0.15) is 46.5 Å². The normalized spacial score (nSPS) is 53.2. The van der Waals surface area contributed by atoms with Gasteiger partial charge in [0.05, 0.1) is 5.60 Å². The molecule has 3 fully saturated rings. The van der Waals surface area contributed by atoms with E-state index in [0.29, 0.717) is 24.2 Å². The van der Waals surface area contributed by atoms with Gasteiger partial charge in [0.25, 0.3) is 0 Å². The molecule has 0 aromatic carbocycles. The fourth-order valence-corrected chi connectivity index (χ4v) is 4.64. The van der Waals surface area contributed by atoms with Crippen molar-refractivity contribution in [2.75, 3.05) is 0 Å². The molecule has 0 radical (unpaired) electrons. The molecule has 0 amide bonds. The zero-order valence-corrected chi connectivity index (χ0v) is 11.2. The second kappa shape index (κ2) is 3.36. The number of rotatable bonds is 1. The molecule has 2 nitrogen and oxygen atoms in total. The Morgan fingerprint density at radius 1 is 1.41 bits per heavy atom. The molecule has 3 aliphatic rings. The molecule has 0 aromatic rings. The lowest BCUT2D eigenvalue weighted by molar-refractivity contribution is -0.269. The van der Waals surface area contributed by atoms with Crippen LogP contribution in [0.4, 0.5) is 0 Å². The zero-order chi connectivity index (χ0) is 12.4. The molecule has 0 aromatic heterocycles. The SMILES string of the molecule is C=C1C[C@@]2(O)O[C@@]3(C[C@@H]2C(C)C)[C@@H](C)CC[C@@H]13. The molecule has 3 rings (SSSR count). The van der Waals surface area contributed by atoms with Crippen LogP contribution in [0.3, 0.4) is 0 Å². The van der Waals surface area contributed by atoms with Crippen LogP contribution in [0.25, 0.3) is 0 Å². The van der Waals surface area contributed by atoms with Gasteiger partial charge in [0.15, 0.2) is 5.79 Å². The highest BCUT2D eigenvalue weighted by Gasteiger charge is 2.66. The number of hydrogen-bond donors (Lipinski definition) is 1. The molecule has 1 N–H and O–H groups in total. The Labute approximate surface area is 104 Å². The van der Waals surface area contributed by atoms with E-state index in [-0.39, 0.29) is 11.5 Å². The first-order chi connectivity index (χ1) is 7.89. The fraction of sp³-hybridized carbons (Fsp3) is 0.867. The Morgan fingerprint density at radius 2 is 2.12 bits per heavy atom. The Morgan fingerprint density at radius 3 is 2.76 bits per heavy atom. The maximum atomic E-state index is 10.8. The van der Waals surface area contributed by atoms with Gasteiger partial charge in [0, 0.05) is 18.3 Å². The van der Waals surface area contributed by atoms with E-state index < -0.39 is 5.79 Å². The molecule has 96 valence electrons. The highest BCUT2D eigenvalue weighted by molar-refractivity contribution is 5.24. The van der Waals surface area contributed by atoms with Gasteiger partial charge in [-0.3, -0.25) is 0 Å². The first kappa shape index (κ1) is 11.7. The summed E-state index contributed by atoms with van der Waals surface area (Å²) in [5, 5.41) is 10.8. The van der Waals surface area contributed by atoms with Gasteiger partial charge in [-0.2, -0.15) is 0 Å². The number of aliphatic hydroxyl groups is 1. The van der Waals surface area contributed by atoms with Gasteiger partial charge < -0.3 is 9.84 Å². The monoisotopic (exact) mass is 236 g/mol. The predicted octanol–water partition coefficient (Wildman–Crippen LogP) is 3.11. The summed E-state index contributed by atoms with van der Waals surface area (Å²) in [5.74, 6) is 0.852. The molecule has 2 heterocycles. The molecule has 2 bridgehead atoms. The molecule has 1 saturated carbocycles. The van der Waals surface area contributed by atoms with E-state index >= 15 is 0 Å². The third-order valence-electron chi connectivity index (χ3n) is 5.58. The summed E-state index contributed by atoms with van der Waals surface area (Å²) >= 11 is 0. The molecular formula is C15H24O2. The predicted molar refractivity (Wildman–Crippen MR) is 67.4 cm³/mol. The van der Waals surface area contributed by atoms with Crippen LogP contribution >= 0.6 is 0 Å². The van der Waals surface area contributed by atoms with E-state index in [1.807, 2.05) is 0 Å². The quantitative estimate of drug-likeness (QED) is 0.709.